The number of nitrogen functional groups attached to an aromatic ring is 1. The highest BCUT2D eigenvalue weighted by Gasteiger charge is 2.50. The van der Waals surface area contributed by atoms with Crippen molar-refractivity contribution in [2.75, 3.05) is 43.5 Å². The van der Waals surface area contributed by atoms with Crippen LogP contribution in [0.25, 0.3) is 32.1 Å². The molecule has 3 aliphatic heterocycles. The van der Waals surface area contributed by atoms with Gasteiger partial charge in [-0.3, -0.25) is 4.90 Å². The molecule has 0 unspecified atom stereocenters. The molecule has 7 rings (SSSR count). The Balaban J connectivity index is 1.48. The first-order valence-corrected chi connectivity index (χ1v) is 22.3. The van der Waals surface area contributed by atoms with Crippen LogP contribution in [0.3, 0.4) is 0 Å². The number of nitrogens with zero attached hydrogens (tertiary/aromatic N) is 5. The summed E-state index contributed by atoms with van der Waals surface area (Å²) in [7, 11) is -2.38. The Kier molecular flexibility index (Phi) is 10.9. The lowest BCUT2D eigenvalue weighted by molar-refractivity contribution is 0.107. The fourth-order valence-corrected chi connectivity index (χ4v) is 16.1. The molecule has 2 saturated heterocycles. The molecule has 3 atom stereocenters. The van der Waals surface area contributed by atoms with E-state index in [1.54, 1.807) is 0 Å². The van der Waals surface area contributed by atoms with Gasteiger partial charge in [-0.1, -0.05) is 65.1 Å². The molecule has 5 heterocycles. The van der Waals surface area contributed by atoms with Crippen LogP contribution >= 0.6 is 22.9 Å². The van der Waals surface area contributed by atoms with Gasteiger partial charge in [0.1, 0.15) is 61.7 Å². The van der Waals surface area contributed by atoms with Crippen molar-refractivity contribution in [2.24, 2.45) is 0 Å². The largest absolute Gasteiger partial charge is 0.488 e. The quantitative estimate of drug-likeness (QED) is 0.101. The van der Waals surface area contributed by atoms with Crippen LogP contribution in [0.5, 0.6) is 11.8 Å². The van der Waals surface area contributed by atoms with E-state index >= 15 is 8.78 Å². The summed E-state index contributed by atoms with van der Waals surface area (Å²) in [6.45, 7) is 12.8. The van der Waals surface area contributed by atoms with Crippen LogP contribution in [0, 0.1) is 34.4 Å². The van der Waals surface area contributed by atoms with Gasteiger partial charge in [0.2, 0.25) is 0 Å². The average Bonchev–Trinajstić information content (AvgIpc) is 3.75. The van der Waals surface area contributed by atoms with Crippen molar-refractivity contribution >= 4 is 62.8 Å². The maximum absolute atomic E-state index is 17.4. The van der Waals surface area contributed by atoms with Gasteiger partial charge >= 0.3 is 6.01 Å². The molecule has 0 spiro atoms. The van der Waals surface area contributed by atoms with Gasteiger partial charge in [-0.15, -0.1) is 16.9 Å². The van der Waals surface area contributed by atoms with Crippen LogP contribution in [-0.2, 0) is 0 Å². The third-order valence-electron chi connectivity index (χ3n) is 12.1. The zero-order valence-corrected chi connectivity index (χ0v) is 34.7. The molecule has 0 bridgehead atoms. The maximum atomic E-state index is 17.4. The molecular formula is C40H44ClF5N6O2SSi. The van der Waals surface area contributed by atoms with Crippen molar-refractivity contribution in [2.45, 2.75) is 102 Å². The van der Waals surface area contributed by atoms with Crippen LogP contribution in [0.15, 0.2) is 12.1 Å². The predicted molar refractivity (Wildman–Crippen MR) is 214 cm³/mol. The van der Waals surface area contributed by atoms with Gasteiger partial charge in [0, 0.05) is 23.9 Å². The standard InChI is InChI=1S/C40H44ClF5N6O2SSi/c1-20(2)56(21(3)4,22(5)6)13-10-24-18-53-35-31-34(33(46)30(32(35)41)25-8-9-27(43)36-29(25)26(15-47)37(48)55-36)49-39(50-38(31)52(24)17-28(44)45)54-19-40-11-7-12-51(40)16-23(42)14-40/h8-9,20-24,28H,7,11-12,14,16-19,48H2,1-6H3/t23-,24+,40+/m1/s1. The summed E-state index contributed by atoms with van der Waals surface area (Å²) in [6.07, 6.45) is -2.14. The van der Waals surface area contributed by atoms with E-state index in [1.165, 1.54) is 11.0 Å². The number of aromatic nitrogens is 2. The van der Waals surface area contributed by atoms with Crippen LogP contribution in [0.1, 0.15) is 66.4 Å². The van der Waals surface area contributed by atoms with Crippen molar-refractivity contribution in [1.82, 2.24) is 14.9 Å². The SMILES string of the molecule is CC(C)[Si](C#C[C@H]1COc2c(Cl)c(-c3ccc(F)c4sc(N)c(C#N)c34)c(F)c3nc(OC[C@@]45CCCN4C[C@H](F)C5)nc(c23)N1CC(F)F)(C(C)C)C(C)C. The van der Waals surface area contributed by atoms with E-state index in [1.807, 2.05) is 11.0 Å². The molecular weight excluding hydrogens is 787 g/mol. The lowest BCUT2D eigenvalue weighted by Crippen LogP contribution is -2.45. The van der Waals surface area contributed by atoms with E-state index in [2.05, 4.69) is 63.0 Å². The number of nitrogens with two attached hydrogens (primary N) is 1. The number of rotatable bonds is 9. The first-order valence-electron chi connectivity index (χ1n) is 18.9. The molecule has 16 heteroatoms. The van der Waals surface area contributed by atoms with Crippen LogP contribution < -0.4 is 20.1 Å². The minimum absolute atomic E-state index is 0.00848. The van der Waals surface area contributed by atoms with Gasteiger partial charge in [0.15, 0.2) is 11.6 Å². The fourth-order valence-electron chi connectivity index (χ4n) is 9.56. The predicted octanol–water partition coefficient (Wildman–Crippen LogP) is 9.91. The summed E-state index contributed by atoms with van der Waals surface area (Å²) in [5, 5.41) is 9.81. The maximum Gasteiger partial charge on any atom is 0.319 e. The monoisotopic (exact) mass is 830 g/mol. The summed E-state index contributed by atoms with van der Waals surface area (Å²) in [4.78, 5) is 12.5. The zero-order chi connectivity index (χ0) is 40.4. The number of thiophene rings is 1. The molecule has 3 aliphatic rings. The Hall–Kier alpha value is -3.89. The molecule has 0 saturated carbocycles. The minimum atomic E-state index is -2.86. The van der Waals surface area contributed by atoms with Gasteiger partial charge in [0.05, 0.1) is 32.8 Å². The molecule has 4 aromatic rings. The number of halogens is 6. The number of nitriles is 1. The summed E-state index contributed by atoms with van der Waals surface area (Å²) in [5.74, 6) is 1.50. The van der Waals surface area contributed by atoms with E-state index in [9.17, 15) is 18.4 Å². The van der Waals surface area contributed by atoms with E-state index in [-0.39, 0.29) is 108 Å². The van der Waals surface area contributed by atoms with Crippen molar-refractivity contribution < 1.29 is 31.4 Å². The lowest BCUT2D eigenvalue weighted by Gasteiger charge is -2.38. The minimum Gasteiger partial charge on any atom is -0.488 e. The summed E-state index contributed by atoms with van der Waals surface area (Å²) >= 11 is 7.94. The summed E-state index contributed by atoms with van der Waals surface area (Å²) in [6, 6.07) is 3.15. The molecule has 298 valence electrons. The van der Waals surface area contributed by atoms with Gasteiger partial charge in [-0.25, -0.2) is 22.0 Å². The Morgan fingerprint density at radius 1 is 1.12 bits per heavy atom. The number of anilines is 2. The summed E-state index contributed by atoms with van der Waals surface area (Å²) in [5.41, 5.74) is 9.26. The number of hydrogen-bond donors (Lipinski definition) is 1. The Labute approximate surface area is 333 Å². The normalized spacial score (nSPS) is 21.2. The van der Waals surface area contributed by atoms with Gasteiger partial charge in [-0.2, -0.15) is 15.2 Å². The second-order valence-electron chi connectivity index (χ2n) is 16.0. The highest BCUT2D eigenvalue weighted by molar-refractivity contribution is 7.23. The highest BCUT2D eigenvalue weighted by atomic mass is 35.5. The number of ether oxygens (including phenoxy) is 2. The molecule has 56 heavy (non-hydrogen) atoms. The van der Waals surface area contributed by atoms with Crippen molar-refractivity contribution in [1.29, 1.82) is 5.26 Å². The van der Waals surface area contributed by atoms with Crippen molar-refractivity contribution in [3.63, 3.8) is 0 Å². The van der Waals surface area contributed by atoms with Gasteiger partial charge in [0.25, 0.3) is 6.43 Å². The molecule has 2 aromatic heterocycles. The number of fused-ring (bicyclic) bond motifs is 2. The topological polar surface area (TPSA) is 101 Å². The lowest BCUT2D eigenvalue weighted by atomic mass is 9.95. The average molecular weight is 831 g/mol. The van der Waals surface area contributed by atoms with Crippen molar-refractivity contribution in [3.05, 3.63) is 34.4 Å². The van der Waals surface area contributed by atoms with Crippen LogP contribution in [0.2, 0.25) is 21.6 Å². The Bertz CT molecular complexity index is 2290. The molecule has 0 radical (unpaired) electrons. The van der Waals surface area contributed by atoms with Crippen LogP contribution in [-0.4, -0.2) is 80.0 Å². The number of hydrogen-bond acceptors (Lipinski definition) is 9. The Morgan fingerprint density at radius 2 is 1.84 bits per heavy atom. The summed E-state index contributed by atoms with van der Waals surface area (Å²) < 4.78 is 89.3. The van der Waals surface area contributed by atoms with Crippen molar-refractivity contribution in [3.8, 4) is 40.4 Å². The molecule has 2 aromatic carbocycles. The molecule has 0 amide bonds. The molecule has 2 fully saturated rings. The van der Waals surface area contributed by atoms with E-state index in [0.717, 1.165) is 23.8 Å². The molecule has 0 aliphatic carbocycles. The van der Waals surface area contributed by atoms with E-state index in [0.29, 0.717) is 13.0 Å². The van der Waals surface area contributed by atoms with Crippen LogP contribution in [0.4, 0.5) is 32.8 Å². The molecule has 8 nitrogen and oxygen atoms in total. The zero-order valence-electron chi connectivity index (χ0n) is 32.1. The van der Waals surface area contributed by atoms with E-state index < -0.39 is 50.4 Å². The number of alkyl halides is 3. The fraction of sp³-hybridized carbons (Fsp3) is 0.525. The van der Waals surface area contributed by atoms with E-state index in [4.69, 9.17) is 26.8 Å². The number of benzene rings is 2. The third-order valence-corrected chi connectivity index (χ3v) is 19.8. The highest BCUT2D eigenvalue weighted by Crippen LogP contribution is 2.51. The van der Waals surface area contributed by atoms with Gasteiger partial charge in [-0.05, 0) is 47.6 Å². The molecule has 2 N–H and O–H groups in total. The Morgan fingerprint density at radius 3 is 2.50 bits per heavy atom. The van der Waals surface area contributed by atoms with Gasteiger partial charge < -0.3 is 20.1 Å². The first-order chi connectivity index (χ1) is 26.5. The second-order valence-corrected chi connectivity index (χ2v) is 23.0. The smallest absolute Gasteiger partial charge is 0.319 e. The first kappa shape index (κ1) is 40.3. The third kappa shape index (κ3) is 6.52. The second kappa shape index (κ2) is 15.1.